The van der Waals surface area contributed by atoms with Crippen LogP contribution in [0.4, 0.5) is 0 Å². The lowest BCUT2D eigenvalue weighted by molar-refractivity contribution is 0.0629. The molecule has 8 heteroatoms. The van der Waals surface area contributed by atoms with Crippen molar-refractivity contribution in [3.8, 4) is 0 Å². The molecule has 0 radical (unpaired) electrons. The molecule has 29 heavy (non-hydrogen) atoms. The Morgan fingerprint density at radius 2 is 1.79 bits per heavy atom. The first-order valence-corrected chi connectivity index (χ1v) is 12.3. The van der Waals surface area contributed by atoms with E-state index in [1.165, 1.54) is 9.18 Å². The van der Waals surface area contributed by atoms with Gasteiger partial charge < -0.3 is 4.90 Å². The van der Waals surface area contributed by atoms with Crippen molar-refractivity contribution < 1.29 is 13.2 Å². The molecule has 1 aromatic heterocycles. The molecule has 3 rings (SSSR count). The molecule has 1 aromatic carbocycles. The predicted molar refractivity (Wildman–Crippen MR) is 117 cm³/mol. The van der Waals surface area contributed by atoms with E-state index >= 15 is 0 Å². The van der Waals surface area contributed by atoms with Crippen molar-refractivity contribution in [3.05, 3.63) is 51.7 Å². The summed E-state index contributed by atoms with van der Waals surface area (Å²) in [4.78, 5) is 18.7. The molecule has 1 aliphatic rings. The molecule has 1 saturated heterocycles. The summed E-state index contributed by atoms with van der Waals surface area (Å²) in [5.41, 5.74) is 1.10. The SMILES string of the molecule is CCN(CC)S(=O)(=O)c1cc(C(=O)N2CCN(Cc3cccs3)CC2)ccc1C. The minimum absolute atomic E-state index is 0.100. The van der Waals surface area contributed by atoms with E-state index in [0.717, 1.165) is 19.6 Å². The molecule has 6 nitrogen and oxygen atoms in total. The highest BCUT2D eigenvalue weighted by molar-refractivity contribution is 7.89. The summed E-state index contributed by atoms with van der Waals surface area (Å²) in [5.74, 6) is -0.100. The minimum Gasteiger partial charge on any atom is -0.336 e. The standard InChI is InChI=1S/C21H29N3O3S2/c1-4-24(5-2)29(26,27)20-15-18(9-8-17(20)3)21(25)23-12-10-22(11-13-23)16-19-7-6-14-28-19/h6-9,14-15H,4-5,10-13,16H2,1-3H3. The average molecular weight is 436 g/mol. The van der Waals surface area contributed by atoms with Crippen LogP contribution in [0, 0.1) is 6.92 Å². The van der Waals surface area contributed by atoms with E-state index < -0.39 is 10.0 Å². The molecule has 0 N–H and O–H groups in total. The van der Waals surface area contributed by atoms with Gasteiger partial charge in [0.05, 0.1) is 4.90 Å². The fraction of sp³-hybridized carbons (Fsp3) is 0.476. The maximum Gasteiger partial charge on any atom is 0.253 e. The van der Waals surface area contributed by atoms with Crippen LogP contribution in [0.1, 0.15) is 34.6 Å². The average Bonchev–Trinajstić information content (AvgIpc) is 3.22. The van der Waals surface area contributed by atoms with E-state index in [2.05, 4.69) is 22.4 Å². The van der Waals surface area contributed by atoms with E-state index in [4.69, 9.17) is 0 Å². The van der Waals surface area contributed by atoms with Gasteiger partial charge >= 0.3 is 0 Å². The molecular weight excluding hydrogens is 406 g/mol. The number of sulfonamides is 1. The van der Waals surface area contributed by atoms with Crippen molar-refractivity contribution in [3.63, 3.8) is 0 Å². The maximum atomic E-state index is 13.0. The first kappa shape index (κ1) is 22.0. The fourth-order valence-corrected chi connectivity index (χ4v) is 6.08. The van der Waals surface area contributed by atoms with Gasteiger partial charge in [-0.05, 0) is 36.1 Å². The lowest BCUT2D eigenvalue weighted by Crippen LogP contribution is -2.48. The Labute approximate surface area is 177 Å². The molecule has 1 fully saturated rings. The summed E-state index contributed by atoms with van der Waals surface area (Å²) in [6.45, 7) is 10.1. The molecule has 0 saturated carbocycles. The van der Waals surface area contributed by atoms with Crippen molar-refractivity contribution >= 4 is 27.3 Å². The monoisotopic (exact) mass is 435 g/mol. The minimum atomic E-state index is -3.60. The van der Waals surface area contributed by atoms with Crippen LogP contribution in [-0.2, 0) is 16.6 Å². The molecule has 1 amide bonds. The Bertz CT molecular complexity index is 930. The molecule has 0 unspecified atom stereocenters. The highest BCUT2D eigenvalue weighted by atomic mass is 32.2. The normalized spacial score (nSPS) is 15.8. The molecule has 2 heterocycles. The summed E-state index contributed by atoms with van der Waals surface area (Å²) in [6.07, 6.45) is 0. The van der Waals surface area contributed by atoms with Crippen molar-refractivity contribution in [2.45, 2.75) is 32.2 Å². The summed E-state index contributed by atoms with van der Waals surface area (Å²) in [5, 5.41) is 2.08. The van der Waals surface area contributed by atoms with Crippen LogP contribution in [-0.4, -0.2) is 67.7 Å². The number of thiophene rings is 1. The number of hydrogen-bond acceptors (Lipinski definition) is 5. The molecule has 2 aromatic rings. The Hall–Kier alpha value is -1.74. The van der Waals surface area contributed by atoms with Crippen LogP contribution in [0.15, 0.2) is 40.6 Å². The number of carbonyl (C=O) groups is 1. The highest BCUT2D eigenvalue weighted by Gasteiger charge is 2.27. The summed E-state index contributed by atoms with van der Waals surface area (Å²) in [6, 6.07) is 9.20. The third-order valence-corrected chi connectivity index (χ3v) is 8.43. The number of rotatable bonds is 7. The van der Waals surface area contributed by atoms with Gasteiger partial charge in [-0.25, -0.2) is 8.42 Å². The second-order valence-electron chi connectivity index (χ2n) is 7.22. The van der Waals surface area contributed by atoms with Crippen LogP contribution in [0.2, 0.25) is 0 Å². The largest absolute Gasteiger partial charge is 0.336 e. The quantitative estimate of drug-likeness (QED) is 0.671. The molecule has 0 aliphatic carbocycles. The molecule has 1 aliphatic heterocycles. The zero-order chi connectivity index (χ0) is 21.0. The molecule has 0 atom stereocenters. The Kier molecular flexibility index (Phi) is 7.10. The van der Waals surface area contributed by atoms with E-state index in [1.54, 1.807) is 36.5 Å². The Morgan fingerprint density at radius 1 is 1.10 bits per heavy atom. The molecule has 0 spiro atoms. The summed E-state index contributed by atoms with van der Waals surface area (Å²) in [7, 11) is -3.60. The number of aryl methyl sites for hydroxylation is 1. The summed E-state index contributed by atoms with van der Waals surface area (Å²) >= 11 is 1.75. The lowest BCUT2D eigenvalue weighted by Gasteiger charge is -2.34. The van der Waals surface area contributed by atoms with Gasteiger partial charge in [-0.15, -0.1) is 11.3 Å². The number of hydrogen-bond donors (Lipinski definition) is 0. The smallest absolute Gasteiger partial charge is 0.253 e. The number of piperazine rings is 1. The van der Waals surface area contributed by atoms with E-state index in [-0.39, 0.29) is 10.8 Å². The van der Waals surface area contributed by atoms with Crippen LogP contribution < -0.4 is 0 Å². The number of benzene rings is 1. The zero-order valence-corrected chi connectivity index (χ0v) is 18.9. The third kappa shape index (κ3) is 4.88. The Balaban J connectivity index is 1.72. The van der Waals surface area contributed by atoms with Gasteiger partial charge in [-0.1, -0.05) is 26.0 Å². The summed E-state index contributed by atoms with van der Waals surface area (Å²) < 4.78 is 27.3. The number of nitrogens with zero attached hydrogens (tertiary/aromatic N) is 3. The Morgan fingerprint density at radius 3 is 2.38 bits per heavy atom. The number of amides is 1. The third-order valence-electron chi connectivity index (χ3n) is 5.38. The van der Waals surface area contributed by atoms with Crippen LogP contribution >= 0.6 is 11.3 Å². The molecule has 158 valence electrons. The van der Waals surface area contributed by atoms with Crippen molar-refractivity contribution in [2.24, 2.45) is 0 Å². The van der Waals surface area contributed by atoms with Gasteiger partial charge in [0, 0.05) is 56.3 Å². The van der Waals surface area contributed by atoms with Gasteiger partial charge in [0.1, 0.15) is 0 Å². The van der Waals surface area contributed by atoms with Crippen molar-refractivity contribution in [1.82, 2.24) is 14.1 Å². The van der Waals surface area contributed by atoms with Gasteiger partial charge in [0.25, 0.3) is 5.91 Å². The van der Waals surface area contributed by atoms with Crippen molar-refractivity contribution in [2.75, 3.05) is 39.3 Å². The van der Waals surface area contributed by atoms with E-state index in [0.29, 0.717) is 37.3 Å². The zero-order valence-electron chi connectivity index (χ0n) is 17.3. The van der Waals surface area contributed by atoms with E-state index in [1.807, 2.05) is 18.7 Å². The van der Waals surface area contributed by atoms with Gasteiger partial charge in [0.2, 0.25) is 10.0 Å². The predicted octanol–water partition coefficient (Wildman–Crippen LogP) is 3.05. The first-order chi connectivity index (χ1) is 13.9. The van der Waals surface area contributed by atoms with Crippen molar-refractivity contribution in [1.29, 1.82) is 0 Å². The van der Waals surface area contributed by atoms with Crippen LogP contribution in [0.3, 0.4) is 0 Å². The maximum absolute atomic E-state index is 13.0. The van der Waals surface area contributed by atoms with Gasteiger partial charge in [0.15, 0.2) is 0 Å². The highest BCUT2D eigenvalue weighted by Crippen LogP contribution is 2.23. The van der Waals surface area contributed by atoms with E-state index in [9.17, 15) is 13.2 Å². The second-order valence-corrected chi connectivity index (χ2v) is 10.2. The first-order valence-electron chi connectivity index (χ1n) is 10.0. The second kappa shape index (κ2) is 9.38. The fourth-order valence-electron chi connectivity index (χ4n) is 3.63. The van der Waals surface area contributed by atoms with Crippen LogP contribution in [0.25, 0.3) is 0 Å². The van der Waals surface area contributed by atoms with Crippen LogP contribution in [0.5, 0.6) is 0 Å². The van der Waals surface area contributed by atoms with Gasteiger partial charge in [-0.2, -0.15) is 4.31 Å². The van der Waals surface area contributed by atoms with Gasteiger partial charge in [-0.3, -0.25) is 9.69 Å². The topological polar surface area (TPSA) is 60.9 Å². The molecular formula is C21H29N3O3S2. The molecule has 0 bridgehead atoms. The number of carbonyl (C=O) groups excluding carboxylic acids is 1. The lowest BCUT2D eigenvalue weighted by atomic mass is 10.1.